The summed E-state index contributed by atoms with van der Waals surface area (Å²) in [7, 11) is -4.01. The summed E-state index contributed by atoms with van der Waals surface area (Å²) in [5.41, 5.74) is 1.01. The van der Waals surface area contributed by atoms with Crippen molar-refractivity contribution in [2.45, 2.75) is 12.8 Å². The zero-order valence-corrected chi connectivity index (χ0v) is 8.61. The lowest BCUT2D eigenvalue weighted by molar-refractivity contribution is 0.494. The van der Waals surface area contributed by atoms with E-state index in [1.54, 1.807) is 0 Å². The summed E-state index contributed by atoms with van der Waals surface area (Å²) in [5, 5.41) is 0.810. The van der Waals surface area contributed by atoms with Crippen molar-refractivity contribution in [3.8, 4) is 0 Å². The van der Waals surface area contributed by atoms with Crippen LogP contribution in [0.2, 0.25) is 0 Å². The molecule has 1 rings (SSSR count). The lowest BCUT2D eigenvalue weighted by atomic mass is 10.0. The van der Waals surface area contributed by atoms with Crippen LogP contribution in [-0.2, 0) is 10.1 Å². The smallest absolute Gasteiger partial charge is 0.282 e. The Morgan fingerprint density at radius 2 is 1.86 bits per heavy atom. The molecule has 1 atom stereocenters. The van der Waals surface area contributed by atoms with Gasteiger partial charge in [0, 0.05) is 5.92 Å². The van der Waals surface area contributed by atoms with Gasteiger partial charge >= 0.3 is 0 Å². The fourth-order valence-electron chi connectivity index (χ4n) is 1.08. The SMILES string of the molecule is CC(C=CS(=O)(=O)O)c1ccccc1. The molecule has 76 valence electrons. The third kappa shape index (κ3) is 3.72. The van der Waals surface area contributed by atoms with Crippen molar-refractivity contribution in [2.24, 2.45) is 0 Å². The highest BCUT2D eigenvalue weighted by atomic mass is 32.2. The minimum Gasteiger partial charge on any atom is -0.282 e. The van der Waals surface area contributed by atoms with Crippen LogP contribution in [0.25, 0.3) is 0 Å². The monoisotopic (exact) mass is 212 g/mol. The van der Waals surface area contributed by atoms with E-state index in [2.05, 4.69) is 0 Å². The molecule has 0 heterocycles. The van der Waals surface area contributed by atoms with Gasteiger partial charge in [-0.15, -0.1) is 0 Å². The Balaban J connectivity index is 2.78. The fraction of sp³-hybridized carbons (Fsp3) is 0.200. The van der Waals surface area contributed by atoms with Crippen LogP contribution < -0.4 is 0 Å². The van der Waals surface area contributed by atoms with Gasteiger partial charge in [0.05, 0.1) is 5.41 Å². The summed E-state index contributed by atoms with van der Waals surface area (Å²) in [4.78, 5) is 0. The third-order valence-electron chi connectivity index (χ3n) is 1.86. The molecule has 1 aromatic carbocycles. The van der Waals surface area contributed by atoms with Gasteiger partial charge in [-0.3, -0.25) is 4.55 Å². The summed E-state index contributed by atoms with van der Waals surface area (Å²) in [6.07, 6.45) is 1.45. The Bertz CT molecular complexity index is 406. The number of hydrogen-bond acceptors (Lipinski definition) is 2. The lowest BCUT2D eigenvalue weighted by Gasteiger charge is -2.04. The summed E-state index contributed by atoms with van der Waals surface area (Å²) in [6.45, 7) is 1.86. The van der Waals surface area contributed by atoms with E-state index >= 15 is 0 Å². The first-order valence-electron chi connectivity index (χ1n) is 4.19. The van der Waals surface area contributed by atoms with Gasteiger partial charge in [0.25, 0.3) is 10.1 Å². The molecule has 1 N–H and O–H groups in total. The lowest BCUT2D eigenvalue weighted by Crippen LogP contribution is -1.93. The predicted molar refractivity (Wildman–Crippen MR) is 55.5 cm³/mol. The molecule has 0 fully saturated rings. The van der Waals surface area contributed by atoms with Gasteiger partial charge in [-0.05, 0) is 5.56 Å². The summed E-state index contributed by atoms with van der Waals surface area (Å²) in [5.74, 6) is -0.0295. The summed E-state index contributed by atoms with van der Waals surface area (Å²) in [6, 6.07) is 9.46. The van der Waals surface area contributed by atoms with Crippen LogP contribution in [0.1, 0.15) is 18.4 Å². The van der Waals surface area contributed by atoms with Crippen molar-refractivity contribution in [1.29, 1.82) is 0 Å². The summed E-state index contributed by atoms with van der Waals surface area (Å²) >= 11 is 0. The first kappa shape index (κ1) is 10.9. The highest BCUT2D eigenvalue weighted by molar-refractivity contribution is 7.88. The van der Waals surface area contributed by atoms with Gasteiger partial charge in [0.1, 0.15) is 0 Å². The van der Waals surface area contributed by atoms with Crippen molar-refractivity contribution >= 4 is 10.1 Å². The topological polar surface area (TPSA) is 54.4 Å². The average Bonchev–Trinajstić information content (AvgIpc) is 2.14. The Hall–Kier alpha value is -1.13. The molecular formula is C10H12O3S. The van der Waals surface area contributed by atoms with E-state index in [4.69, 9.17) is 4.55 Å². The largest absolute Gasteiger partial charge is 0.287 e. The van der Waals surface area contributed by atoms with E-state index < -0.39 is 10.1 Å². The van der Waals surface area contributed by atoms with Gasteiger partial charge in [0.2, 0.25) is 0 Å². The van der Waals surface area contributed by atoms with Crippen LogP contribution in [0.5, 0.6) is 0 Å². The maximum absolute atomic E-state index is 10.4. The molecule has 1 aromatic rings. The van der Waals surface area contributed by atoms with E-state index in [9.17, 15) is 8.42 Å². The predicted octanol–water partition coefficient (Wildman–Crippen LogP) is 2.19. The third-order valence-corrected chi connectivity index (χ3v) is 2.37. The summed E-state index contributed by atoms with van der Waals surface area (Å²) < 4.78 is 29.4. The normalized spacial score (nSPS) is 14.4. The molecule has 0 saturated heterocycles. The first-order chi connectivity index (χ1) is 6.49. The van der Waals surface area contributed by atoms with E-state index in [1.807, 2.05) is 37.3 Å². The Labute approximate surface area is 83.8 Å². The fourth-order valence-corrected chi connectivity index (χ4v) is 1.52. The van der Waals surface area contributed by atoms with Gasteiger partial charge in [-0.25, -0.2) is 0 Å². The second-order valence-corrected chi connectivity index (χ2v) is 4.34. The molecule has 3 nitrogen and oxygen atoms in total. The molecule has 0 saturated carbocycles. The number of benzene rings is 1. The van der Waals surface area contributed by atoms with Crippen LogP contribution in [0.3, 0.4) is 0 Å². The second kappa shape index (κ2) is 4.39. The first-order valence-corrected chi connectivity index (χ1v) is 5.70. The van der Waals surface area contributed by atoms with Crippen LogP contribution in [0.15, 0.2) is 41.8 Å². The van der Waals surface area contributed by atoms with E-state index in [0.29, 0.717) is 0 Å². The maximum Gasteiger partial charge on any atom is 0.287 e. The Kier molecular flexibility index (Phi) is 3.43. The maximum atomic E-state index is 10.4. The average molecular weight is 212 g/mol. The molecule has 0 aromatic heterocycles. The molecule has 0 aliphatic rings. The van der Waals surface area contributed by atoms with Crippen LogP contribution >= 0.6 is 0 Å². The highest BCUT2D eigenvalue weighted by Crippen LogP contribution is 2.15. The molecule has 0 bridgehead atoms. The van der Waals surface area contributed by atoms with Gasteiger partial charge in [0.15, 0.2) is 0 Å². The Morgan fingerprint density at radius 3 is 2.36 bits per heavy atom. The van der Waals surface area contributed by atoms with Crippen molar-refractivity contribution in [3.63, 3.8) is 0 Å². The Morgan fingerprint density at radius 1 is 1.29 bits per heavy atom. The highest BCUT2D eigenvalue weighted by Gasteiger charge is 2.02. The molecule has 0 aliphatic carbocycles. The molecule has 4 heteroatoms. The molecule has 1 unspecified atom stereocenters. The van der Waals surface area contributed by atoms with Crippen LogP contribution in [0, 0.1) is 0 Å². The number of allylic oxidation sites excluding steroid dienone is 1. The van der Waals surface area contributed by atoms with Crippen molar-refractivity contribution in [1.82, 2.24) is 0 Å². The van der Waals surface area contributed by atoms with E-state index in [-0.39, 0.29) is 5.92 Å². The zero-order valence-electron chi connectivity index (χ0n) is 7.79. The van der Waals surface area contributed by atoms with E-state index in [0.717, 1.165) is 11.0 Å². The van der Waals surface area contributed by atoms with Crippen molar-refractivity contribution in [2.75, 3.05) is 0 Å². The minimum atomic E-state index is -4.01. The van der Waals surface area contributed by atoms with Crippen molar-refractivity contribution < 1.29 is 13.0 Å². The van der Waals surface area contributed by atoms with Crippen molar-refractivity contribution in [3.05, 3.63) is 47.4 Å². The van der Waals surface area contributed by atoms with Gasteiger partial charge < -0.3 is 0 Å². The molecule has 0 radical (unpaired) electrons. The minimum absolute atomic E-state index is 0.0295. The zero-order chi connectivity index (χ0) is 10.6. The second-order valence-electron chi connectivity index (χ2n) is 3.04. The van der Waals surface area contributed by atoms with Gasteiger partial charge in [-0.2, -0.15) is 8.42 Å². The number of hydrogen-bond donors (Lipinski definition) is 1. The molecule has 0 amide bonds. The quantitative estimate of drug-likeness (QED) is 0.781. The van der Waals surface area contributed by atoms with Crippen LogP contribution in [-0.4, -0.2) is 13.0 Å². The molecular weight excluding hydrogens is 200 g/mol. The molecule has 0 aliphatic heterocycles. The number of rotatable bonds is 3. The standard InChI is InChI=1S/C10H12O3S/c1-9(7-8-14(11,12)13)10-5-3-2-4-6-10/h2-9H,1H3,(H,11,12,13). The van der Waals surface area contributed by atoms with Gasteiger partial charge in [-0.1, -0.05) is 43.3 Å². The van der Waals surface area contributed by atoms with E-state index in [1.165, 1.54) is 6.08 Å². The molecule has 14 heavy (non-hydrogen) atoms. The molecule has 0 spiro atoms. The van der Waals surface area contributed by atoms with Crippen LogP contribution in [0.4, 0.5) is 0 Å².